The predicted octanol–water partition coefficient (Wildman–Crippen LogP) is 6.20. The summed E-state index contributed by atoms with van der Waals surface area (Å²) < 4.78 is 7.50. The summed E-state index contributed by atoms with van der Waals surface area (Å²) in [7, 11) is 0. The fourth-order valence-corrected chi connectivity index (χ4v) is 3.25. The smallest absolute Gasteiger partial charge is 0.269 e. The topological polar surface area (TPSA) is 78.3 Å². The summed E-state index contributed by atoms with van der Waals surface area (Å²) in [6.07, 6.45) is 4.90. The summed E-state index contributed by atoms with van der Waals surface area (Å²) in [5.41, 5.74) is 2.23. The number of allylic oxidation sites excluding steroid dienone is 1. The van der Waals surface area contributed by atoms with Gasteiger partial charge in [-0.1, -0.05) is 23.7 Å². The first kappa shape index (κ1) is 19.4. The number of furan rings is 1. The number of carbonyl (C=O) groups is 1. The number of aromatic nitrogens is 1. The van der Waals surface area contributed by atoms with E-state index in [1.807, 2.05) is 41.1 Å². The Bertz CT molecular complexity index is 1250. The van der Waals surface area contributed by atoms with E-state index in [1.165, 1.54) is 18.2 Å². The highest BCUT2D eigenvalue weighted by Crippen LogP contribution is 2.29. The van der Waals surface area contributed by atoms with Gasteiger partial charge >= 0.3 is 0 Å². The van der Waals surface area contributed by atoms with E-state index in [0.717, 1.165) is 11.4 Å². The standard InChI is InChI=1S/C23H15ClN2O4/c24-20-6-2-1-5-19(20)22-13-14-23(30-22)21(27)12-11-16-4-3-15-25(16)17-7-9-18(10-8-17)26(28)29/h1-15H/b12-11+. The number of ketones is 1. The van der Waals surface area contributed by atoms with E-state index in [-0.39, 0.29) is 17.2 Å². The Hall–Kier alpha value is -3.90. The molecule has 0 amide bonds. The summed E-state index contributed by atoms with van der Waals surface area (Å²) in [4.78, 5) is 22.9. The molecule has 0 spiro atoms. The minimum absolute atomic E-state index is 0.0188. The highest BCUT2D eigenvalue weighted by molar-refractivity contribution is 6.33. The molecule has 0 saturated carbocycles. The monoisotopic (exact) mass is 418 g/mol. The predicted molar refractivity (Wildman–Crippen MR) is 115 cm³/mol. The second kappa shape index (κ2) is 8.23. The van der Waals surface area contributed by atoms with Crippen LogP contribution in [0.1, 0.15) is 16.2 Å². The number of rotatable bonds is 6. The molecule has 0 fully saturated rings. The Kier molecular flexibility index (Phi) is 5.32. The molecule has 0 bridgehead atoms. The molecule has 0 radical (unpaired) electrons. The molecule has 0 atom stereocenters. The van der Waals surface area contributed by atoms with Gasteiger partial charge in [0.05, 0.1) is 9.95 Å². The van der Waals surface area contributed by atoms with Crippen molar-refractivity contribution >= 4 is 29.1 Å². The maximum absolute atomic E-state index is 12.5. The fourth-order valence-electron chi connectivity index (χ4n) is 3.02. The van der Waals surface area contributed by atoms with Crippen LogP contribution in [-0.4, -0.2) is 15.3 Å². The first-order chi connectivity index (χ1) is 14.5. The van der Waals surface area contributed by atoms with Crippen LogP contribution in [0.25, 0.3) is 23.1 Å². The second-order valence-electron chi connectivity index (χ2n) is 6.42. The molecule has 0 aliphatic heterocycles. The molecule has 0 saturated heterocycles. The van der Waals surface area contributed by atoms with Crippen LogP contribution in [0.2, 0.25) is 5.02 Å². The normalized spacial score (nSPS) is 11.1. The highest BCUT2D eigenvalue weighted by Gasteiger charge is 2.12. The molecule has 148 valence electrons. The van der Waals surface area contributed by atoms with Crippen LogP contribution < -0.4 is 0 Å². The van der Waals surface area contributed by atoms with Gasteiger partial charge in [-0.25, -0.2) is 0 Å². The first-order valence-corrected chi connectivity index (χ1v) is 9.40. The van der Waals surface area contributed by atoms with Crippen LogP contribution in [-0.2, 0) is 0 Å². The minimum Gasteiger partial charge on any atom is -0.453 e. The number of non-ortho nitro benzene ring substituents is 1. The number of nitro benzene ring substituents is 1. The zero-order chi connectivity index (χ0) is 21.1. The molecule has 30 heavy (non-hydrogen) atoms. The molecular weight excluding hydrogens is 404 g/mol. The van der Waals surface area contributed by atoms with Crippen molar-refractivity contribution in [1.29, 1.82) is 0 Å². The van der Waals surface area contributed by atoms with Crippen molar-refractivity contribution in [3.63, 3.8) is 0 Å². The molecule has 7 heteroatoms. The minimum atomic E-state index is -0.445. The van der Waals surface area contributed by atoms with Crippen molar-refractivity contribution in [3.05, 3.63) is 112 Å². The van der Waals surface area contributed by atoms with E-state index in [1.54, 1.807) is 36.4 Å². The van der Waals surface area contributed by atoms with E-state index in [2.05, 4.69) is 0 Å². The number of hydrogen-bond acceptors (Lipinski definition) is 4. The van der Waals surface area contributed by atoms with Crippen LogP contribution in [0, 0.1) is 10.1 Å². The van der Waals surface area contributed by atoms with Crippen molar-refractivity contribution in [2.24, 2.45) is 0 Å². The molecule has 2 aromatic heterocycles. The van der Waals surface area contributed by atoms with Gasteiger partial charge in [0.15, 0.2) is 5.76 Å². The van der Waals surface area contributed by atoms with Gasteiger partial charge in [0.2, 0.25) is 5.78 Å². The molecule has 6 nitrogen and oxygen atoms in total. The average molecular weight is 419 g/mol. The average Bonchev–Trinajstić information content (AvgIpc) is 3.42. The number of nitrogens with zero attached hydrogens (tertiary/aromatic N) is 2. The summed E-state index contributed by atoms with van der Waals surface area (Å²) in [6, 6.07) is 20.4. The van der Waals surface area contributed by atoms with E-state index in [4.69, 9.17) is 16.0 Å². The lowest BCUT2D eigenvalue weighted by Gasteiger charge is -2.06. The molecule has 2 aromatic carbocycles. The maximum Gasteiger partial charge on any atom is 0.269 e. The number of halogens is 1. The number of benzene rings is 2. The van der Waals surface area contributed by atoms with Crippen LogP contribution in [0.15, 0.2) is 89.5 Å². The van der Waals surface area contributed by atoms with Gasteiger partial charge in [0, 0.05) is 35.3 Å². The molecule has 4 rings (SSSR count). The van der Waals surface area contributed by atoms with Gasteiger partial charge in [0.1, 0.15) is 5.76 Å². The molecule has 0 N–H and O–H groups in total. The number of hydrogen-bond donors (Lipinski definition) is 0. The van der Waals surface area contributed by atoms with E-state index in [9.17, 15) is 14.9 Å². The third-order valence-electron chi connectivity index (χ3n) is 4.51. The number of nitro groups is 1. The highest BCUT2D eigenvalue weighted by atomic mass is 35.5. The molecular formula is C23H15ClN2O4. The molecule has 4 aromatic rings. The van der Waals surface area contributed by atoms with Crippen molar-refractivity contribution in [2.75, 3.05) is 0 Å². The SMILES string of the molecule is O=C(/C=C/c1cccn1-c1ccc([N+](=O)[O-])cc1)c1ccc(-c2ccccc2Cl)o1. The largest absolute Gasteiger partial charge is 0.453 e. The summed E-state index contributed by atoms with van der Waals surface area (Å²) >= 11 is 6.18. The Balaban J connectivity index is 1.54. The van der Waals surface area contributed by atoms with Crippen LogP contribution in [0.5, 0.6) is 0 Å². The van der Waals surface area contributed by atoms with Crippen molar-refractivity contribution < 1.29 is 14.1 Å². The van der Waals surface area contributed by atoms with Crippen molar-refractivity contribution in [1.82, 2.24) is 4.57 Å². The number of carbonyl (C=O) groups excluding carboxylic acids is 1. The van der Waals surface area contributed by atoms with Crippen LogP contribution in [0.4, 0.5) is 5.69 Å². The fraction of sp³-hybridized carbons (Fsp3) is 0. The zero-order valence-electron chi connectivity index (χ0n) is 15.6. The zero-order valence-corrected chi connectivity index (χ0v) is 16.3. The third kappa shape index (κ3) is 3.94. The van der Waals surface area contributed by atoms with Gasteiger partial charge in [-0.15, -0.1) is 0 Å². The van der Waals surface area contributed by atoms with Gasteiger partial charge < -0.3 is 8.98 Å². The molecule has 2 heterocycles. The van der Waals surface area contributed by atoms with E-state index in [0.29, 0.717) is 16.3 Å². The first-order valence-electron chi connectivity index (χ1n) is 9.02. The lowest BCUT2D eigenvalue weighted by molar-refractivity contribution is -0.384. The van der Waals surface area contributed by atoms with Gasteiger partial charge in [-0.05, 0) is 60.7 Å². The van der Waals surface area contributed by atoms with Crippen LogP contribution >= 0.6 is 11.6 Å². The molecule has 0 unspecified atom stereocenters. The van der Waals surface area contributed by atoms with Gasteiger partial charge in [-0.2, -0.15) is 0 Å². The van der Waals surface area contributed by atoms with E-state index >= 15 is 0 Å². The van der Waals surface area contributed by atoms with Crippen molar-refractivity contribution in [3.8, 4) is 17.0 Å². The van der Waals surface area contributed by atoms with Crippen molar-refractivity contribution in [2.45, 2.75) is 0 Å². The Morgan fingerprint density at radius 1 is 1.00 bits per heavy atom. The summed E-state index contributed by atoms with van der Waals surface area (Å²) in [6.45, 7) is 0. The lowest BCUT2D eigenvalue weighted by atomic mass is 10.2. The summed E-state index contributed by atoms with van der Waals surface area (Å²) in [5.74, 6) is 0.436. The van der Waals surface area contributed by atoms with E-state index < -0.39 is 4.92 Å². The second-order valence-corrected chi connectivity index (χ2v) is 6.83. The Morgan fingerprint density at radius 3 is 2.50 bits per heavy atom. The Labute approximate surface area is 176 Å². The lowest BCUT2D eigenvalue weighted by Crippen LogP contribution is -1.96. The maximum atomic E-state index is 12.5. The quantitative estimate of drug-likeness (QED) is 0.162. The molecule has 0 aliphatic rings. The Morgan fingerprint density at radius 2 is 1.77 bits per heavy atom. The molecule has 0 aliphatic carbocycles. The third-order valence-corrected chi connectivity index (χ3v) is 4.84. The van der Waals surface area contributed by atoms with Gasteiger partial charge in [-0.3, -0.25) is 14.9 Å². The van der Waals surface area contributed by atoms with Gasteiger partial charge in [0.25, 0.3) is 5.69 Å². The summed E-state index contributed by atoms with van der Waals surface area (Å²) in [5, 5.41) is 11.4. The van der Waals surface area contributed by atoms with Crippen LogP contribution in [0.3, 0.4) is 0 Å².